The Morgan fingerprint density at radius 3 is 1.38 bits per heavy atom. The van der Waals surface area contributed by atoms with E-state index in [0.717, 1.165) is 11.1 Å². The molecule has 2 atom stereocenters. The van der Waals surface area contributed by atoms with Gasteiger partial charge in [-0.25, -0.2) is 0 Å². The third kappa shape index (κ3) is 6.66. The van der Waals surface area contributed by atoms with Gasteiger partial charge in [-0.3, -0.25) is 9.59 Å². The number of hydrogen-bond acceptors (Lipinski definition) is 6. The molecule has 0 aliphatic carbocycles. The van der Waals surface area contributed by atoms with Crippen molar-refractivity contribution in [3.8, 4) is 0 Å². The molecule has 6 nitrogen and oxygen atoms in total. The highest BCUT2D eigenvalue weighted by Crippen LogP contribution is 2.04. The topological polar surface area (TPSA) is 105 Å². The van der Waals surface area contributed by atoms with Crippen molar-refractivity contribution in [2.45, 2.75) is 24.9 Å². The minimum Gasteiger partial charge on any atom is -0.461 e. The van der Waals surface area contributed by atoms with Crippen molar-refractivity contribution in [1.29, 1.82) is 0 Å². The number of carbonyl (C=O) groups is 2. The molecule has 0 saturated heterocycles. The number of esters is 2. The van der Waals surface area contributed by atoms with Crippen LogP contribution in [-0.2, 0) is 31.9 Å². The molecule has 0 heterocycles. The number of rotatable bonds is 9. The van der Waals surface area contributed by atoms with Crippen LogP contribution in [0.4, 0.5) is 0 Å². The van der Waals surface area contributed by atoms with E-state index in [1.54, 1.807) is 0 Å². The quantitative estimate of drug-likeness (QED) is 0.517. The molecule has 2 aromatic rings. The lowest BCUT2D eigenvalue weighted by Crippen LogP contribution is -2.36. The summed E-state index contributed by atoms with van der Waals surface area (Å²) in [5.74, 6) is -1.06. The van der Waals surface area contributed by atoms with Gasteiger partial charge in [0.1, 0.15) is 25.3 Å². The second kappa shape index (κ2) is 10.3. The summed E-state index contributed by atoms with van der Waals surface area (Å²) >= 11 is 0. The second-order valence-corrected chi connectivity index (χ2v) is 5.93. The van der Waals surface area contributed by atoms with Crippen LogP contribution in [0.3, 0.4) is 0 Å². The molecule has 0 bridgehead atoms. The van der Waals surface area contributed by atoms with E-state index in [0.29, 0.717) is 12.8 Å². The Bertz CT molecular complexity index is 630. The number of ether oxygens (including phenoxy) is 2. The van der Waals surface area contributed by atoms with Gasteiger partial charge in [-0.05, 0) is 24.0 Å². The Balaban J connectivity index is 1.64. The predicted molar refractivity (Wildman–Crippen MR) is 98.2 cm³/mol. The Morgan fingerprint density at radius 1 is 0.692 bits per heavy atom. The third-order valence-corrected chi connectivity index (χ3v) is 3.77. The molecular formula is C20H24N2O4. The molecule has 0 aliphatic heterocycles. The maximum absolute atomic E-state index is 11.9. The summed E-state index contributed by atoms with van der Waals surface area (Å²) in [6.45, 7) is -0.101. The molecule has 2 aromatic carbocycles. The van der Waals surface area contributed by atoms with Gasteiger partial charge in [-0.1, -0.05) is 60.7 Å². The van der Waals surface area contributed by atoms with Crippen molar-refractivity contribution in [3.63, 3.8) is 0 Å². The highest BCUT2D eigenvalue weighted by molar-refractivity contribution is 5.76. The molecule has 0 radical (unpaired) electrons. The van der Waals surface area contributed by atoms with Crippen molar-refractivity contribution in [1.82, 2.24) is 0 Å². The van der Waals surface area contributed by atoms with Gasteiger partial charge in [0, 0.05) is 0 Å². The van der Waals surface area contributed by atoms with E-state index < -0.39 is 24.0 Å². The highest BCUT2D eigenvalue weighted by Gasteiger charge is 2.18. The van der Waals surface area contributed by atoms with Gasteiger partial charge >= 0.3 is 11.9 Å². The summed E-state index contributed by atoms with van der Waals surface area (Å²) < 4.78 is 10.1. The van der Waals surface area contributed by atoms with Crippen LogP contribution in [0.15, 0.2) is 60.7 Å². The van der Waals surface area contributed by atoms with E-state index in [9.17, 15) is 9.59 Å². The molecule has 0 saturated carbocycles. The number of nitrogens with two attached hydrogens (primary N) is 2. The van der Waals surface area contributed by atoms with E-state index >= 15 is 0 Å². The lowest BCUT2D eigenvalue weighted by molar-refractivity contribution is -0.153. The monoisotopic (exact) mass is 356 g/mol. The van der Waals surface area contributed by atoms with Gasteiger partial charge in [-0.15, -0.1) is 0 Å². The minimum absolute atomic E-state index is 0.0505. The van der Waals surface area contributed by atoms with Crippen LogP contribution < -0.4 is 11.5 Å². The van der Waals surface area contributed by atoms with Crippen LogP contribution in [0.2, 0.25) is 0 Å². The molecule has 26 heavy (non-hydrogen) atoms. The van der Waals surface area contributed by atoms with Crippen LogP contribution in [0, 0.1) is 0 Å². The van der Waals surface area contributed by atoms with Crippen molar-refractivity contribution in [2.75, 3.05) is 13.2 Å². The van der Waals surface area contributed by atoms with Gasteiger partial charge in [0.05, 0.1) is 0 Å². The summed E-state index contributed by atoms with van der Waals surface area (Å²) in [5.41, 5.74) is 13.6. The van der Waals surface area contributed by atoms with Crippen LogP contribution >= 0.6 is 0 Å². The van der Waals surface area contributed by atoms with Gasteiger partial charge in [0.25, 0.3) is 0 Å². The third-order valence-electron chi connectivity index (χ3n) is 3.77. The molecule has 0 fully saturated rings. The second-order valence-electron chi connectivity index (χ2n) is 5.93. The van der Waals surface area contributed by atoms with Crippen molar-refractivity contribution >= 4 is 11.9 Å². The van der Waals surface area contributed by atoms with Gasteiger partial charge in [0.2, 0.25) is 0 Å². The number of hydrogen-bond donors (Lipinski definition) is 2. The Kier molecular flexibility index (Phi) is 7.79. The maximum Gasteiger partial charge on any atom is 0.323 e. The summed E-state index contributed by atoms with van der Waals surface area (Å²) in [6, 6.07) is 17.4. The number of carbonyl (C=O) groups excluding carboxylic acids is 2. The van der Waals surface area contributed by atoms with Crippen molar-refractivity contribution < 1.29 is 19.1 Å². The number of benzene rings is 2. The molecule has 138 valence electrons. The van der Waals surface area contributed by atoms with Crippen LogP contribution in [-0.4, -0.2) is 37.2 Å². The molecule has 6 heteroatoms. The zero-order valence-electron chi connectivity index (χ0n) is 14.5. The summed E-state index contributed by atoms with van der Waals surface area (Å²) in [7, 11) is 0. The molecule has 0 amide bonds. The van der Waals surface area contributed by atoms with Crippen LogP contribution in [0.1, 0.15) is 11.1 Å². The highest BCUT2D eigenvalue weighted by atomic mass is 16.6. The summed E-state index contributed by atoms with van der Waals surface area (Å²) in [4.78, 5) is 23.7. The molecule has 2 rings (SSSR count). The van der Waals surface area contributed by atoms with Crippen LogP contribution in [0.5, 0.6) is 0 Å². The fourth-order valence-corrected chi connectivity index (χ4v) is 2.40. The smallest absolute Gasteiger partial charge is 0.323 e. The largest absolute Gasteiger partial charge is 0.461 e. The lowest BCUT2D eigenvalue weighted by atomic mass is 10.1. The van der Waals surface area contributed by atoms with Crippen molar-refractivity contribution in [3.05, 3.63) is 71.8 Å². The van der Waals surface area contributed by atoms with E-state index in [2.05, 4.69) is 0 Å². The first kappa shape index (κ1) is 19.6. The van der Waals surface area contributed by atoms with Crippen molar-refractivity contribution in [2.24, 2.45) is 11.5 Å². The van der Waals surface area contributed by atoms with Gasteiger partial charge < -0.3 is 20.9 Å². The zero-order chi connectivity index (χ0) is 18.8. The SMILES string of the molecule is N[C@@H](Cc1ccccc1)C(=O)OCCOC(=O)[C@@H](N)Cc1ccccc1. The van der Waals surface area contributed by atoms with Crippen LogP contribution in [0.25, 0.3) is 0 Å². The summed E-state index contributed by atoms with van der Waals surface area (Å²) in [6.07, 6.45) is 0.781. The minimum atomic E-state index is -0.756. The first-order valence-electron chi connectivity index (χ1n) is 8.48. The van der Waals surface area contributed by atoms with E-state index in [1.165, 1.54) is 0 Å². The Hall–Kier alpha value is -2.70. The lowest BCUT2D eigenvalue weighted by Gasteiger charge is -2.13. The summed E-state index contributed by atoms with van der Waals surface area (Å²) in [5, 5.41) is 0. The first-order valence-corrected chi connectivity index (χ1v) is 8.48. The maximum atomic E-state index is 11.9. The molecule has 0 spiro atoms. The zero-order valence-corrected chi connectivity index (χ0v) is 14.5. The Morgan fingerprint density at radius 2 is 1.04 bits per heavy atom. The molecule has 0 aromatic heterocycles. The first-order chi connectivity index (χ1) is 12.6. The van der Waals surface area contributed by atoms with E-state index in [1.807, 2.05) is 60.7 Å². The molecule has 0 aliphatic rings. The van der Waals surface area contributed by atoms with E-state index in [-0.39, 0.29) is 13.2 Å². The fraction of sp³-hybridized carbons (Fsp3) is 0.300. The Labute approximate surface area is 153 Å². The van der Waals surface area contributed by atoms with E-state index in [4.69, 9.17) is 20.9 Å². The normalized spacial score (nSPS) is 12.8. The average molecular weight is 356 g/mol. The van der Waals surface area contributed by atoms with Gasteiger partial charge in [0.15, 0.2) is 0 Å². The molecule has 4 N–H and O–H groups in total. The predicted octanol–water partition coefficient (Wildman–Crippen LogP) is 1.21. The molecular weight excluding hydrogens is 332 g/mol. The fourth-order valence-electron chi connectivity index (χ4n) is 2.40. The average Bonchev–Trinajstić information content (AvgIpc) is 2.66. The van der Waals surface area contributed by atoms with Gasteiger partial charge in [-0.2, -0.15) is 0 Å². The standard InChI is InChI=1S/C20H24N2O4/c21-17(13-15-7-3-1-4-8-15)19(23)25-11-12-26-20(24)18(22)14-16-9-5-2-6-10-16/h1-10,17-18H,11-14,21-22H2/t17-,18-/m0/s1. The molecule has 0 unspecified atom stereocenters.